The first kappa shape index (κ1) is 15.7. The van der Waals surface area contributed by atoms with Crippen LogP contribution in [0.4, 0.5) is 4.39 Å². The van der Waals surface area contributed by atoms with Gasteiger partial charge in [0.2, 0.25) is 0 Å². The van der Waals surface area contributed by atoms with Gasteiger partial charge in [-0.05, 0) is 66.2 Å². The Morgan fingerprint density at radius 2 is 2.25 bits per heavy atom. The Morgan fingerprint density at radius 3 is 2.96 bits per heavy atom. The molecule has 2 fully saturated rings. The van der Waals surface area contributed by atoms with Gasteiger partial charge in [0.15, 0.2) is 5.82 Å². The predicted molar refractivity (Wildman–Crippen MR) is 91.3 cm³/mol. The van der Waals surface area contributed by atoms with Crippen molar-refractivity contribution in [3.63, 3.8) is 0 Å². The highest BCUT2D eigenvalue weighted by molar-refractivity contribution is 7.07. The van der Waals surface area contributed by atoms with E-state index in [-0.39, 0.29) is 22.9 Å². The van der Waals surface area contributed by atoms with Gasteiger partial charge >= 0.3 is 0 Å². The lowest BCUT2D eigenvalue weighted by molar-refractivity contribution is 0.0687. The van der Waals surface area contributed by atoms with E-state index < -0.39 is 5.82 Å². The number of carbonyl (C=O) groups excluding carboxylic acids is 1. The summed E-state index contributed by atoms with van der Waals surface area (Å²) in [5.41, 5.74) is 1.45. The molecule has 1 N–H and O–H groups in total. The molecule has 1 aliphatic heterocycles. The number of hydrogen-bond acceptors (Lipinski definition) is 4. The third kappa shape index (κ3) is 2.84. The third-order valence-corrected chi connectivity index (χ3v) is 6.05. The van der Waals surface area contributed by atoms with E-state index in [0.717, 1.165) is 44.1 Å². The minimum absolute atomic E-state index is 0.121. The van der Waals surface area contributed by atoms with Crippen LogP contribution >= 0.6 is 11.3 Å². The van der Waals surface area contributed by atoms with E-state index in [1.807, 2.05) is 16.3 Å². The van der Waals surface area contributed by atoms with Crippen molar-refractivity contribution >= 4 is 17.2 Å². The Kier molecular flexibility index (Phi) is 4.10. The number of pyridine rings is 1. The lowest BCUT2D eigenvalue weighted by Gasteiger charge is -2.29. The zero-order chi connectivity index (χ0) is 16.6. The first-order chi connectivity index (χ1) is 11.7. The fourth-order valence-corrected chi connectivity index (χ4v) is 4.49. The van der Waals surface area contributed by atoms with Crippen LogP contribution in [0.5, 0.6) is 0 Å². The van der Waals surface area contributed by atoms with Crippen LogP contribution in [-0.2, 0) is 6.54 Å². The van der Waals surface area contributed by atoms with Crippen molar-refractivity contribution in [3.8, 4) is 0 Å². The topological polar surface area (TPSA) is 45.2 Å². The van der Waals surface area contributed by atoms with E-state index >= 15 is 0 Å². The SMILES string of the molecule is O=C(c1ccncc1F)N(Cc1ccsc1)C1CC12CCNCC2. The van der Waals surface area contributed by atoms with Crippen molar-refractivity contribution in [3.05, 3.63) is 52.2 Å². The maximum absolute atomic E-state index is 14.1. The second kappa shape index (κ2) is 6.26. The van der Waals surface area contributed by atoms with Gasteiger partial charge in [0, 0.05) is 18.8 Å². The average Bonchev–Trinajstić information content (AvgIpc) is 3.04. The second-order valence-corrected chi connectivity index (χ2v) is 7.53. The van der Waals surface area contributed by atoms with Gasteiger partial charge in [-0.3, -0.25) is 9.78 Å². The van der Waals surface area contributed by atoms with Gasteiger partial charge in [-0.2, -0.15) is 11.3 Å². The number of halogens is 1. The summed E-state index contributed by atoms with van der Waals surface area (Å²) in [6.07, 6.45) is 5.79. The van der Waals surface area contributed by atoms with Crippen LogP contribution < -0.4 is 5.32 Å². The van der Waals surface area contributed by atoms with Crippen molar-refractivity contribution in [2.45, 2.75) is 31.8 Å². The van der Waals surface area contributed by atoms with Crippen LogP contribution in [0, 0.1) is 11.2 Å². The first-order valence-corrected chi connectivity index (χ1v) is 9.26. The van der Waals surface area contributed by atoms with Crippen LogP contribution in [-0.4, -0.2) is 34.9 Å². The van der Waals surface area contributed by atoms with Crippen molar-refractivity contribution < 1.29 is 9.18 Å². The molecule has 1 amide bonds. The van der Waals surface area contributed by atoms with Crippen LogP contribution in [0.25, 0.3) is 0 Å². The molecular formula is C18H20FN3OS. The molecule has 0 aromatic carbocycles. The highest BCUT2D eigenvalue weighted by Gasteiger charge is 2.57. The van der Waals surface area contributed by atoms with Crippen LogP contribution in [0.1, 0.15) is 35.2 Å². The highest BCUT2D eigenvalue weighted by atomic mass is 32.1. The summed E-state index contributed by atoms with van der Waals surface area (Å²) in [4.78, 5) is 18.7. The molecule has 4 nitrogen and oxygen atoms in total. The Morgan fingerprint density at radius 1 is 1.42 bits per heavy atom. The van der Waals surface area contributed by atoms with Gasteiger partial charge in [-0.25, -0.2) is 4.39 Å². The number of rotatable bonds is 4. The van der Waals surface area contributed by atoms with Crippen LogP contribution in [0.3, 0.4) is 0 Å². The Bertz CT molecular complexity index is 728. The summed E-state index contributed by atoms with van der Waals surface area (Å²) in [6, 6.07) is 3.72. The molecule has 2 aliphatic rings. The van der Waals surface area contributed by atoms with Crippen molar-refractivity contribution in [2.24, 2.45) is 5.41 Å². The highest BCUT2D eigenvalue weighted by Crippen LogP contribution is 2.56. The molecule has 4 rings (SSSR count). The molecule has 0 radical (unpaired) electrons. The lowest BCUT2D eigenvalue weighted by atomic mass is 9.93. The smallest absolute Gasteiger partial charge is 0.257 e. The Labute approximate surface area is 144 Å². The summed E-state index contributed by atoms with van der Waals surface area (Å²) in [5.74, 6) is -0.765. The average molecular weight is 345 g/mol. The summed E-state index contributed by atoms with van der Waals surface area (Å²) >= 11 is 1.62. The molecule has 0 bridgehead atoms. The molecule has 1 spiro atoms. The number of amides is 1. The Hall–Kier alpha value is -1.79. The molecular weight excluding hydrogens is 325 g/mol. The molecule has 2 aromatic heterocycles. The molecule has 2 aromatic rings. The monoisotopic (exact) mass is 345 g/mol. The quantitative estimate of drug-likeness (QED) is 0.926. The van der Waals surface area contributed by atoms with Crippen molar-refractivity contribution in [1.29, 1.82) is 0 Å². The summed E-state index contributed by atoms with van der Waals surface area (Å²) in [5, 5.41) is 7.45. The summed E-state index contributed by atoms with van der Waals surface area (Å²) in [7, 11) is 0. The van der Waals surface area contributed by atoms with Gasteiger partial charge < -0.3 is 10.2 Å². The maximum Gasteiger partial charge on any atom is 0.257 e. The van der Waals surface area contributed by atoms with Crippen LogP contribution in [0.2, 0.25) is 0 Å². The molecule has 3 heterocycles. The van der Waals surface area contributed by atoms with Gasteiger partial charge in [-0.15, -0.1) is 0 Å². The fourth-order valence-electron chi connectivity index (χ4n) is 3.84. The van der Waals surface area contributed by atoms with Gasteiger partial charge in [0.05, 0.1) is 11.8 Å². The van der Waals surface area contributed by atoms with E-state index in [2.05, 4.69) is 15.7 Å². The van der Waals surface area contributed by atoms with Crippen LogP contribution in [0.15, 0.2) is 35.3 Å². The van der Waals surface area contributed by atoms with E-state index in [0.29, 0.717) is 6.54 Å². The lowest BCUT2D eigenvalue weighted by Crippen LogP contribution is -2.39. The third-order valence-electron chi connectivity index (χ3n) is 5.32. The minimum atomic E-state index is -0.544. The molecule has 1 saturated heterocycles. The zero-order valence-electron chi connectivity index (χ0n) is 13.4. The summed E-state index contributed by atoms with van der Waals surface area (Å²) in [6.45, 7) is 2.55. The van der Waals surface area contributed by atoms with E-state index in [1.54, 1.807) is 11.3 Å². The number of hydrogen-bond donors (Lipinski definition) is 1. The predicted octanol–water partition coefficient (Wildman–Crippen LogP) is 3.07. The van der Waals surface area contributed by atoms with E-state index in [1.165, 1.54) is 12.3 Å². The second-order valence-electron chi connectivity index (χ2n) is 6.75. The number of nitrogens with one attached hydrogen (secondary N) is 1. The molecule has 1 saturated carbocycles. The van der Waals surface area contributed by atoms with Gasteiger partial charge in [0.25, 0.3) is 5.91 Å². The summed E-state index contributed by atoms with van der Waals surface area (Å²) < 4.78 is 14.1. The molecule has 1 aliphatic carbocycles. The van der Waals surface area contributed by atoms with Crippen molar-refractivity contribution in [2.75, 3.05) is 13.1 Å². The van der Waals surface area contributed by atoms with E-state index in [4.69, 9.17) is 0 Å². The minimum Gasteiger partial charge on any atom is -0.331 e. The molecule has 1 unspecified atom stereocenters. The number of aromatic nitrogens is 1. The van der Waals surface area contributed by atoms with Gasteiger partial charge in [-0.1, -0.05) is 0 Å². The maximum atomic E-state index is 14.1. The molecule has 6 heteroatoms. The largest absolute Gasteiger partial charge is 0.331 e. The normalized spacial score (nSPS) is 21.6. The Balaban J connectivity index is 1.61. The van der Waals surface area contributed by atoms with E-state index in [9.17, 15) is 9.18 Å². The number of thiophene rings is 1. The molecule has 24 heavy (non-hydrogen) atoms. The molecule has 126 valence electrons. The number of piperidine rings is 1. The van der Waals surface area contributed by atoms with Gasteiger partial charge in [0.1, 0.15) is 0 Å². The van der Waals surface area contributed by atoms with Crippen molar-refractivity contribution in [1.82, 2.24) is 15.2 Å². The number of nitrogens with zero attached hydrogens (tertiary/aromatic N) is 2. The molecule has 1 atom stereocenters. The standard InChI is InChI=1S/C18H20FN3OS/c19-15-10-21-5-1-14(15)17(23)22(11-13-2-8-24-12-13)16-9-18(16)3-6-20-7-4-18/h1-2,5,8,10,12,16,20H,3-4,6-7,9,11H2. The fraction of sp³-hybridized carbons (Fsp3) is 0.444. The zero-order valence-corrected chi connectivity index (χ0v) is 14.2. The number of carbonyl (C=O) groups is 1. The first-order valence-electron chi connectivity index (χ1n) is 8.32.